The number of aromatic nitrogens is 1. The van der Waals surface area contributed by atoms with Crippen LogP contribution in [0.3, 0.4) is 0 Å². The Hall–Kier alpha value is -4.31. The standard InChI is InChI=1S/C28H19NO3/c30-27(23-18-29-24-14-8-7-13-22(23)24)19-15-16-25-26(17-19)32-28(31-25,20-9-3-1-4-10-20)21-11-5-2-6-12-21/h1-18,29H. The SMILES string of the molecule is O=C(c1ccc2c(c1)OC(c1ccccc1)(c1ccccc1)O2)c1c[nH]c2ccccc12. The Balaban J connectivity index is 1.42. The summed E-state index contributed by atoms with van der Waals surface area (Å²) >= 11 is 0. The summed E-state index contributed by atoms with van der Waals surface area (Å²) in [5.41, 5.74) is 3.88. The van der Waals surface area contributed by atoms with Crippen LogP contribution in [0.4, 0.5) is 0 Å². The van der Waals surface area contributed by atoms with Crippen molar-refractivity contribution in [3.8, 4) is 11.5 Å². The van der Waals surface area contributed by atoms with Crippen molar-refractivity contribution in [3.05, 3.63) is 132 Å². The third-order valence-electron chi connectivity index (χ3n) is 5.85. The monoisotopic (exact) mass is 417 g/mol. The summed E-state index contributed by atoms with van der Waals surface area (Å²) in [5, 5.41) is 0.901. The van der Waals surface area contributed by atoms with Crippen molar-refractivity contribution in [2.75, 3.05) is 0 Å². The van der Waals surface area contributed by atoms with Crippen molar-refractivity contribution in [2.24, 2.45) is 0 Å². The van der Waals surface area contributed by atoms with Crippen molar-refractivity contribution in [3.63, 3.8) is 0 Å². The number of benzene rings is 4. The van der Waals surface area contributed by atoms with Gasteiger partial charge in [-0.3, -0.25) is 4.79 Å². The van der Waals surface area contributed by atoms with E-state index in [0.29, 0.717) is 22.6 Å². The number of fused-ring (bicyclic) bond motifs is 2. The van der Waals surface area contributed by atoms with Gasteiger partial charge < -0.3 is 14.5 Å². The molecule has 0 spiro atoms. The molecule has 1 N–H and O–H groups in total. The number of rotatable bonds is 4. The van der Waals surface area contributed by atoms with Crippen molar-refractivity contribution < 1.29 is 14.3 Å². The van der Waals surface area contributed by atoms with E-state index in [1.54, 1.807) is 18.3 Å². The number of ether oxygens (including phenoxy) is 2. The lowest BCUT2D eigenvalue weighted by Crippen LogP contribution is -2.36. The van der Waals surface area contributed by atoms with E-state index < -0.39 is 5.79 Å². The first-order valence-corrected chi connectivity index (χ1v) is 10.5. The maximum atomic E-state index is 13.3. The largest absolute Gasteiger partial charge is 0.440 e. The summed E-state index contributed by atoms with van der Waals surface area (Å²) in [5.74, 6) is -0.0184. The number of para-hydroxylation sites is 1. The van der Waals surface area contributed by atoms with Crippen LogP contribution in [0.25, 0.3) is 10.9 Å². The van der Waals surface area contributed by atoms with Crippen LogP contribution in [0.15, 0.2) is 109 Å². The normalized spacial score (nSPS) is 13.9. The highest BCUT2D eigenvalue weighted by atomic mass is 16.7. The highest BCUT2D eigenvalue weighted by Crippen LogP contribution is 2.48. The molecule has 154 valence electrons. The number of ketones is 1. The number of carbonyl (C=O) groups is 1. The average Bonchev–Trinajstić information content (AvgIpc) is 3.47. The number of aromatic amines is 1. The topological polar surface area (TPSA) is 51.3 Å². The lowest BCUT2D eigenvalue weighted by Gasteiger charge is -2.28. The molecule has 1 aliphatic heterocycles. The van der Waals surface area contributed by atoms with Crippen LogP contribution in [0.1, 0.15) is 27.0 Å². The van der Waals surface area contributed by atoms with E-state index in [-0.39, 0.29) is 5.78 Å². The van der Waals surface area contributed by atoms with E-state index in [1.807, 2.05) is 91.0 Å². The van der Waals surface area contributed by atoms with Gasteiger partial charge in [-0.1, -0.05) is 78.9 Å². The van der Waals surface area contributed by atoms with Gasteiger partial charge in [0.25, 0.3) is 0 Å². The smallest absolute Gasteiger partial charge is 0.305 e. The number of hydrogen-bond donors (Lipinski definition) is 1. The van der Waals surface area contributed by atoms with Gasteiger partial charge in [0, 0.05) is 39.4 Å². The van der Waals surface area contributed by atoms with Crippen LogP contribution in [-0.4, -0.2) is 10.8 Å². The first-order valence-electron chi connectivity index (χ1n) is 10.5. The molecule has 0 saturated heterocycles. The van der Waals surface area contributed by atoms with E-state index in [1.165, 1.54) is 0 Å². The third kappa shape index (κ3) is 2.81. The Morgan fingerprint density at radius 3 is 2.03 bits per heavy atom. The second-order valence-corrected chi connectivity index (χ2v) is 7.79. The molecule has 0 saturated carbocycles. The summed E-state index contributed by atoms with van der Waals surface area (Å²) in [6.45, 7) is 0. The van der Waals surface area contributed by atoms with E-state index in [4.69, 9.17) is 9.47 Å². The van der Waals surface area contributed by atoms with Crippen molar-refractivity contribution >= 4 is 16.7 Å². The maximum Gasteiger partial charge on any atom is 0.305 e. The molecule has 32 heavy (non-hydrogen) atoms. The molecule has 6 rings (SSSR count). The molecular formula is C28H19NO3. The average molecular weight is 417 g/mol. The summed E-state index contributed by atoms with van der Waals surface area (Å²) in [4.78, 5) is 16.5. The van der Waals surface area contributed by atoms with Gasteiger partial charge in [-0.2, -0.15) is 0 Å². The van der Waals surface area contributed by atoms with Crippen LogP contribution in [0.2, 0.25) is 0 Å². The molecular weight excluding hydrogens is 398 g/mol. The Bertz CT molecular complexity index is 1400. The second-order valence-electron chi connectivity index (χ2n) is 7.79. The van der Waals surface area contributed by atoms with Crippen LogP contribution >= 0.6 is 0 Å². The molecule has 1 aromatic heterocycles. The third-order valence-corrected chi connectivity index (χ3v) is 5.85. The zero-order chi connectivity index (χ0) is 21.5. The van der Waals surface area contributed by atoms with Gasteiger partial charge in [-0.25, -0.2) is 0 Å². The first-order chi connectivity index (χ1) is 15.7. The summed E-state index contributed by atoms with van der Waals surface area (Å²) in [6, 6.07) is 32.8. The molecule has 0 aliphatic carbocycles. The van der Waals surface area contributed by atoms with E-state index >= 15 is 0 Å². The van der Waals surface area contributed by atoms with Crippen molar-refractivity contribution in [1.29, 1.82) is 0 Å². The van der Waals surface area contributed by atoms with Crippen LogP contribution in [-0.2, 0) is 5.79 Å². The second kappa shape index (κ2) is 7.13. The van der Waals surface area contributed by atoms with Gasteiger partial charge in [0.1, 0.15) is 0 Å². The molecule has 0 amide bonds. The highest BCUT2D eigenvalue weighted by molar-refractivity contribution is 6.16. The number of H-pyrrole nitrogens is 1. The Kier molecular flexibility index (Phi) is 4.12. The minimum atomic E-state index is -1.10. The van der Waals surface area contributed by atoms with E-state index in [0.717, 1.165) is 22.0 Å². The van der Waals surface area contributed by atoms with Crippen molar-refractivity contribution in [2.45, 2.75) is 5.79 Å². The lowest BCUT2D eigenvalue weighted by molar-refractivity contribution is -0.0459. The zero-order valence-electron chi connectivity index (χ0n) is 17.1. The minimum Gasteiger partial charge on any atom is -0.440 e. The fourth-order valence-corrected chi connectivity index (χ4v) is 4.28. The molecule has 0 bridgehead atoms. The van der Waals surface area contributed by atoms with Crippen LogP contribution < -0.4 is 9.47 Å². The molecule has 2 heterocycles. The molecule has 0 fully saturated rings. The first kappa shape index (κ1) is 18.5. The van der Waals surface area contributed by atoms with Gasteiger partial charge in [0.2, 0.25) is 0 Å². The molecule has 0 radical (unpaired) electrons. The summed E-state index contributed by atoms with van der Waals surface area (Å²) < 4.78 is 12.9. The van der Waals surface area contributed by atoms with Crippen LogP contribution in [0.5, 0.6) is 11.5 Å². The van der Waals surface area contributed by atoms with Gasteiger partial charge in [0.05, 0.1) is 0 Å². The van der Waals surface area contributed by atoms with E-state index in [9.17, 15) is 4.79 Å². The zero-order valence-corrected chi connectivity index (χ0v) is 17.1. The quantitative estimate of drug-likeness (QED) is 0.361. The van der Waals surface area contributed by atoms with Crippen LogP contribution in [0, 0.1) is 0 Å². The predicted molar refractivity (Wildman–Crippen MR) is 123 cm³/mol. The molecule has 5 aromatic rings. The molecule has 4 aromatic carbocycles. The number of nitrogens with one attached hydrogen (secondary N) is 1. The molecule has 1 aliphatic rings. The van der Waals surface area contributed by atoms with Gasteiger partial charge in [-0.15, -0.1) is 0 Å². The lowest BCUT2D eigenvalue weighted by atomic mass is 9.97. The van der Waals surface area contributed by atoms with Gasteiger partial charge in [0.15, 0.2) is 17.3 Å². The summed E-state index contributed by atoms with van der Waals surface area (Å²) in [7, 11) is 0. The van der Waals surface area contributed by atoms with Gasteiger partial charge >= 0.3 is 5.79 Å². The molecule has 4 heteroatoms. The minimum absolute atomic E-state index is 0.0641. The summed E-state index contributed by atoms with van der Waals surface area (Å²) in [6.07, 6.45) is 1.76. The molecule has 0 unspecified atom stereocenters. The Labute approximate surface area is 185 Å². The highest BCUT2D eigenvalue weighted by Gasteiger charge is 2.45. The predicted octanol–water partition coefficient (Wildman–Crippen LogP) is 6.07. The molecule has 0 atom stereocenters. The Morgan fingerprint density at radius 1 is 0.688 bits per heavy atom. The number of hydrogen-bond acceptors (Lipinski definition) is 3. The molecule has 4 nitrogen and oxygen atoms in total. The fraction of sp³-hybridized carbons (Fsp3) is 0.0357. The number of carbonyl (C=O) groups excluding carboxylic acids is 1. The van der Waals surface area contributed by atoms with Crippen molar-refractivity contribution in [1.82, 2.24) is 4.98 Å². The Morgan fingerprint density at radius 2 is 1.31 bits per heavy atom. The fourth-order valence-electron chi connectivity index (χ4n) is 4.28. The van der Waals surface area contributed by atoms with Gasteiger partial charge in [-0.05, 0) is 24.3 Å². The van der Waals surface area contributed by atoms with E-state index in [2.05, 4.69) is 4.98 Å². The maximum absolute atomic E-state index is 13.3.